The minimum atomic E-state index is -0.444. The summed E-state index contributed by atoms with van der Waals surface area (Å²) in [5, 5.41) is 35.6. The molecule has 7 unspecified atom stereocenters. The van der Waals surface area contributed by atoms with Gasteiger partial charge >= 0.3 is 11.9 Å². The molecule has 4 heterocycles. The van der Waals surface area contributed by atoms with Crippen molar-refractivity contribution in [1.82, 2.24) is 19.4 Å². The number of hydrogen-bond donors (Lipinski definition) is 4. The normalized spacial score (nSPS) is 18.2. The van der Waals surface area contributed by atoms with Gasteiger partial charge in [-0.15, -0.1) is 0 Å². The standard InChI is InChI=1S/C47H82N2O4.C35H58N2O3/c1-4-7-10-13-16-19-22-25-30-41(50)37-48-36-40(44-33-28-29-34-45(44)48)35-46-47(52)53-43(32-27-24-21-18-15-12-9-6-3)39-49(46)38-42(51)31-26-23-20-17-14-11-8-5-2;1-3-5-7-9-11-13-15-17-21-30(38)27-37-28-31(22-18-16-14-12-10-8-6-4-2)40-35(39)34(37)25-29-26-36-33-24-20-19-23-32(29)33/h28-29,33-34,36,41-43,46,50-51H,4-27,30-32,35,37-39H2,1-3H3;19-20,23-24,26,30-31,34,36,38H,3-18,21-22,25,27-28H2,1-2H3. The Morgan fingerprint density at radius 3 is 1.15 bits per heavy atom. The minimum absolute atomic E-state index is 0.0675. The summed E-state index contributed by atoms with van der Waals surface area (Å²) >= 11 is 0. The zero-order valence-electron chi connectivity index (χ0n) is 60.4. The fraction of sp³-hybridized carbons (Fsp3) is 0.780. The number of unbranched alkanes of at least 4 members (excludes halogenated alkanes) is 35. The van der Waals surface area contributed by atoms with Crippen molar-refractivity contribution in [2.24, 2.45) is 0 Å². The molecule has 6 rings (SSSR count). The predicted molar refractivity (Wildman–Crippen MR) is 392 cm³/mol. The Kier molecular flexibility index (Phi) is 43.5. The number of ether oxygens (including phenoxy) is 2. The molecular weight excluding hydrogens is 1150 g/mol. The Labute approximate surface area is 568 Å². The molecule has 0 radical (unpaired) electrons. The number of nitrogens with zero attached hydrogens (tertiary/aromatic N) is 3. The minimum Gasteiger partial charge on any atom is -0.460 e. The Balaban J connectivity index is 0.000000350. The average Bonchev–Trinajstić information content (AvgIpc) is 1.74. The van der Waals surface area contributed by atoms with Gasteiger partial charge < -0.3 is 34.3 Å². The van der Waals surface area contributed by atoms with E-state index in [4.69, 9.17) is 9.47 Å². The maximum absolute atomic E-state index is 13.8. The Bertz CT molecular complexity index is 2470. The third-order valence-electron chi connectivity index (χ3n) is 20.5. The van der Waals surface area contributed by atoms with E-state index in [-0.39, 0.29) is 30.2 Å². The summed E-state index contributed by atoms with van der Waals surface area (Å²) in [5.41, 5.74) is 4.46. The van der Waals surface area contributed by atoms with Gasteiger partial charge in [0.05, 0.1) is 18.3 Å². The number of H-pyrrole nitrogens is 1. The summed E-state index contributed by atoms with van der Waals surface area (Å²) in [6.07, 6.45) is 58.8. The third-order valence-corrected chi connectivity index (χ3v) is 20.5. The Morgan fingerprint density at radius 1 is 0.409 bits per heavy atom. The molecule has 4 N–H and O–H groups in total. The van der Waals surface area contributed by atoms with E-state index in [9.17, 15) is 24.9 Å². The number of fused-ring (bicyclic) bond motifs is 2. The van der Waals surface area contributed by atoms with Gasteiger partial charge in [-0.2, -0.15) is 0 Å². The maximum atomic E-state index is 13.8. The first kappa shape index (κ1) is 79.9. The molecule has 0 aliphatic carbocycles. The van der Waals surface area contributed by atoms with Crippen LogP contribution in [0.15, 0.2) is 60.9 Å². The predicted octanol–water partition coefficient (Wildman–Crippen LogP) is 20.8. The largest absolute Gasteiger partial charge is 0.460 e. The Hall–Kier alpha value is -3.74. The molecule has 0 spiro atoms. The molecule has 4 aromatic rings. The van der Waals surface area contributed by atoms with Gasteiger partial charge in [-0.1, -0.05) is 315 Å². The molecule has 2 saturated heterocycles. The SMILES string of the molecule is CCCCCCCCCCC(O)CN1CC(CCCCCCCCCC)OC(=O)C1Cc1c[nH]c2ccccc12.CCCCCCCCCCC(O)CN1CC(CCCCCCCCCC)OC(=O)C1Cc1cn(CC(O)CCCCCCCCCC)c2ccccc12. The monoisotopic (exact) mass is 1290 g/mol. The number of esters is 2. The van der Waals surface area contributed by atoms with Crippen LogP contribution in [0, 0.1) is 0 Å². The molecule has 11 nitrogen and oxygen atoms in total. The van der Waals surface area contributed by atoms with E-state index >= 15 is 0 Å². The van der Waals surface area contributed by atoms with Crippen molar-refractivity contribution in [3.8, 4) is 0 Å². The quantitative estimate of drug-likeness (QED) is 0.0251. The molecule has 2 aromatic carbocycles. The van der Waals surface area contributed by atoms with Gasteiger partial charge in [-0.25, -0.2) is 0 Å². The van der Waals surface area contributed by atoms with Crippen LogP contribution in [0.2, 0.25) is 0 Å². The van der Waals surface area contributed by atoms with Crippen LogP contribution in [-0.4, -0.2) is 115 Å². The number of aromatic amines is 1. The molecule has 2 fully saturated rings. The summed E-state index contributed by atoms with van der Waals surface area (Å²) in [4.78, 5) is 35.0. The van der Waals surface area contributed by atoms with Gasteiger partial charge in [-0.3, -0.25) is 19.4 Å². The average molecular weight is 1290 g/mol. The smallest absolute Gasteiger partial charge is 0.324 e. The summed E-state index contributed by atoms with van der Waals surface area (Å²) in [5.74, 6) is -0.271. The van der Waals surface area contributed by atoms with Crippen LogP contribution in [0.4, 0.5) is 0 Å². The fourth-order valence-electron chi connectivity index (χ4n) is 14.7. The number of cyclic esters (lactones) is 2. The highest BCUT2D eigenvalue weighted by molar-refractivity contribution is 5.86. The summed E-state index contributed by atoms with van der Waals surface area (Å²) in [6.45, 7) is 14.3. The van der Waals surface area contributed by atoms with Crippen molar-refractivity contribution in [1.29, 1.82) is 0 Å². The lowest BCUT2D eigenvalue weighted by Gasteiger charge is -2.39. The van der Waals surface area contributed by atoms with Gasteiger partial charge in [0.15, 0.2) is 0 Å². The number of para-hydroxylation sites is 2. The number of benzene rings is 2. The number of aliphatic hydroxyl groups is 3. The fourth-order valence-corrected chi connectivity index (χ4v) is 14.7. The molecule has 0 bridgehead atoms. The summed E-state index contributed by atoms with van der Waals surface area (Å²) in [7, 11) is 0. The van der Waals surface area contributed by atoms with Gasteiger partial charge in [0.2, 0.25) is 0 Å². The first-order chi connectivity index (χ1) is 45.6. The number of carbonyl (C=O) groups is 2. The van der Waals surface area contributed by atoms with Crippen molar-refractivity contribution >= 4 is 33.7 Å². The Morgan fingerprint density at radius 2 is 0.742 bits per heavy atom. The van der Waals surface area contributed by atoms with Crippen LogP contribution in [0.1, 0.15) is 335 Å². The first-order valence-electron chi connectivity index (χ1n) is 39.6. The lowest BCUT2D eigenvalue weighted by atomic mass is 9.99. The number of hydrogen-bond acceptors (Lipinski definition) is 9. The van der Waals surface area contributed by atoms with E-state index in [0.29, 0.717) is 39.0 Å². The number of nitrogens with one attached hydrogen (secondary N) is 1. The summed E-state index contributed by atoms with van der Waals surface area (Å²) in [6, 6.07) is 15.9. The molecule has 2 aliphatic rings. The van der Waals surface area contributed by atoms with Crippen molar-refractivity contribution in [3.63, 3.8) is 0 Å². The molecule has 2 aromatic heterocycles. The van der Waals surface area contributed by atoms with Crippen molar-refractivity contribution in [2.75, 3.05) is 26.2 Å². The van der Waals surface area contributed by atoms with Crippen LogP contribution in [-0.2, 0) is 38.4 Å². The number of aliphatic hydroxyl groups excluding tert-OH is 3. The van der Waals surface area contributed by atoms with E-state index in [1.165, 1.54) is 225 Å². The second-order valence-electron chi connectivity index (χ2n) is 28.9. The van der Waals surface area contributed by atoms with E-state index < -0.39 is 24.4 Å². The second-order valence-corrected chi connectivity index (χ2v) is 28.9. The van der Waals surface area contributed by atoms with Crippen molar-refractivity contribution in [3.05, 3.63) is 72.1 Å². The number of morpholine rings is 2. The van der Waals surface area contributed by atoms with Gasteiger partial charge in [0.25, 0.3) is 0 Å². The molecule has 93 heavy (non-hydrogen) atoms. The van der Waals surface area contributed by atoms with Gasteiger partial charge in [0.1, 0.15) is 24.3 Å². The van der Waals surface area contributed by atoms with Crippen LogP contribution in [0.3, 0.4) is 0 Å². The lowest BCUT2D eigenvalue weighted by molar-refractivity contribution is -0.169. The number of aromatic nitrogens is 2. The molecular formula is C82H140N4O7. The highest BCUT2D eigenvalue weighted by Crippen LogP contribution is 2.30. The van der Waals surface area contributed by atoms with Crippen LogP contribution in [0.25, 0.3) is 21.8 Å². The highest BCUT2D eigenvalue weighted by Gasteiger charge is 2.39. The molecule has 2 aliphatic heterocycles. The second kappa shape index (κ2) is 50.6. The van der Waals surface area contributed by atoms with Crippen molar-refractivity contribution in [2.45, 2.75) is 386 Å². The van der Waals surface area contributed by atoms with E-state index in [1.807, 2.05) is 18.3 Å². The van der Waals surface area contributed by atoms with Crippen LogP contribution < -0.4 is 0 Å². The zero-order chi connectivity index (χ0) is 66.4. The molecule has 7 atom stereocenters. The zero-order valence-corrected chi connectivity index (χ0v) is 60.4. The molecule has 530 valence electrons. The topological polar surface area (TPSA) is 140 Å². The lowest BCUT2D eigenvalue weighted by Crippen LogP contribution is -2.55. The molecule has 0 saturated carbocycles. The van der Waals surface area contributed by atoms with Gasteiger partial charge in [-0.05, 0) is 68.2 Å². The van der Waals surface area contributed by atoms with E-state index in [2.05, 4.69) is 96.6 Å². The third kappa shape index (κ3) is 32.9. The highest BCUT2D eigenvalue weighted by atomic mass is 16.6. The maximum Gasteiger partial charge on any atom is 0.324 e. The van der Waals surface area contributed by atoms with Crippen LogP contribution in [0.5, 0.6) is 0 Å². The van der Waals surface area contributed by atoms with E-state index in [0.717, 1.165) is 104 Å². The van der Waals surface area contributed by atoms with Gasteiger partial charge in [0, 0.05) is 79.8 Å². The summed E-state index contributed by atoms with van der Waals surface area (Å²) < 4.78 is 14.4. The number of rotatable bonds is 55. The first-order valence-corrected chi connectivity index (χ1v) is 39.6. The van der Waals surface area contributed by atoms with E-state index in [1.54, 1.807) is 0 Å². The molecule has 0 amide bonds. The number of carbonyl (C=O) groups excluding carboxylic acids is 2. The van der Waals surface area contributed by atoms with Crippen molar-refractivity contribution < 1.29 is 34.4 Å². The molecule has 11 heteroatoms. The van der Waals surface area contributed by atoms with Crippen LogP contribution >= 0.6 is 0 Å². The number of β-amino-alcohol motifs (C(OH)–C–C–N with tert-alkyl or cyclic N) is 2.